The van der Waals surface area contributed by atoms with Crippen molar-refractivity contribution in [1.29, 1.82) is 0 Å². The molecule has 3 nitrogen and oxygen atoms in total. The molecule has 1 rings (SSSR count). The lowest BCUT2D eigenvalue weighted by molar-refractivity contribution is 0.00673. The first kappa shape index (κ1) is 12.8. The average Bonchev–Trinajstić information content (AvgIpc) is 2.58. The van der Waals surface area contributed by atoms with E-state index < -0.39 is 5.60 Å². The molecule has 0 aromatic carbocycles. The monoisotopic (exact) mass is 224 g/mol. The summed E-state index contributed by atoms with van der Waals surface area (Å²) < 4.78 is 10.9. The summed E-state index contributed by atoms with van der Waals surface area (Å²) in [5.74, 6) is 1.25. The number of aryl methyl sites for hydroxylation is 2. The highest BCUT2D eigenvalue weighted by atomic mass is 16.6. The summed E-state index contributed by atoms with van der Waals surface area (Å²) >= 11 is 0. The normalized spacial score (nSPS) is 11.6. The Morgan fingerprint density at radius 2 is 1.94 bits per heavy atom. The molecular weight excluding hydrogens is 204 g/mol. The fraction of sp³-hybridized carbons (Fsp3) is 0.615. The second-order valence-electron chi connectivity index (χ2n) is 4.76. The smallest absolute Gasteiger partial charge is 0.342 e. The Bertz CT molecular complexity index is 369. The Labute approximate surface area is 96.8 Å². The van der Waals surface area contributed by atoms with Crippen LogP contribution in [0.1, 0.15) is 56.5 Å². The number of hydrogen-bond acceptors (Lipinski definition) is 3. The summed E-state index contributed by atoms with van der Waals surface area (Å²) in [6.45, 7) is 9.54. The van der Waals surface area contributed by atoms with Crippen LogP contribution >= 0.6 is 0 Å². The Balaban J connectivity index is 2.94. The molecule has 0 aliphatic heterocycles. The molecule has 16 heavy (non-hydrogen) atoms. The third-order valence-electron chi connectivity index (χ3n) is 2.15. The van der Waals surface area contributed by atoms with Crippen molar-refractivity contribution in [3.63, 3.8) is 0 Å². The molecule has 3 heteroatoms. The van der Waals surface area contributed by atoms with E-state index in [2.05, 4.69) is 0 Å². The first-order valence-electron chi connectivity index (χ1n) is 5.72. The highest BCUT2D eigenvalue weighted by molar-refractivity contribution is 5.91. The largest absolute Gasteiger partial charge is 0.465 e. The van der Waals surface area contributed by atoms with Gasteiger partial charge in [0.15, 0.2) is 0 Å². The lowest BCUT2D eigenvalue weighted by Gasteiger charge is -2.19. The van der Waals surface area contributed by atoms with E-state index in [0.29, 0.717) is 17.7 Å². The lowest BCUT2D eigenvalue weighted by Crippen LogP contribution is -2.24. The van der Waals surface area contributed by atoms with Gasteiger partial charge >= 0.3 is 5.97 Å². The molecule has 1 heterocycles. The maximum Gasteiger partial charge on any atom is 0.342 e. The zero-order chi connectivity index (χ0) is 12.3. The predicted octanol–water partition coefficient (Wildman–Crippen LogP) is 3.36. The molecule has 1 aromatic rings. The third-order valence-corrected chi connectivity index (χ3v) is 2.15. The minimum Gasteiger partial charge on any atom is -0.465 e. The van der Waals surface area contributed by atoms with Crippen molar-refractivity contribution >= 4 is 5.97 Å². The summed E-state index contributed by atoms with van der Waals surface area (Å²) in [5, 5.41) is 0. The molecule has 0 spiro atoms. The van der Waals surface area contributed by atoms with Crippen molar-refractivity contribution < 1.29 is 13.9 Å². The molecule has 1 aromatic heterocycles. The standard InChI is InChI=1S/C13H20O3/c1-6-9-8-10(11(7-2)15-9)12(14)16-13(3,4)5/h8H,6-7H2,1-5H3. The minimum atomic E-state index is -0.467. The molecule has 0 saturated carbocycles. The van der Waals surface area contributed by atoms with Crippen LogP contribution in [0.5, 0.6) is 0 Å². The van der Waals surface area contributed by atoms with Gasteiger partial charge in [0.1, 0.15) is 22.7 Å². The Morgan fingerprint density at radius 3 is 2.38 bits per heavy atom. The SMILES string of the molecule is CCc1cc(C(=O)OC(C)(C)C)c(CC)o1. The highest BCUT2D eigenvalue weighted by Gasteiger charge is 2.22. The highest BCUT2D eigenvalue weighted by Crippen LogP contribution is 2.20. The van der Waals surface area contributed by atoms with Gasteiger partial charge in [-0.2, -0.15) is 0 Å². The van der Waals surface area contributed by atoms with Crippen LogP contribution in [-0.4, -0.2) is 11.6 Å². The number of furan rings is 1. The van der Waals surface area contributed by atoms with Gasteiger partial charge in [0.25, 0.3) is 0 Å². The first-order chi connectivity index (χ1) is 7.37. The number of carbonyl (C=O) groups is 1. The maximum absolute atomic E-state index is 11.9. The van der Waals surface area contributed by atoms with E-state index in [1.54, 1.807) is 6.07 Å². The topological polar surface area (TPSA) is 39.4 Å². The molecule has 0 amide bonds. The van der Waals surface area contributed by atoms with E-state index >= 15 is 0 Å². The van der Waals surface area contributed by atoms with E-state index in [4.69, 9.17) is 9.15 Å². The first-order valence-corrected chi connectivity index (χ1v) is 5.72. The van der Waals surface area contributed by atoms with Crippen LogP contribution < -0.4 is 0 Å². The second-order valence-corrected chi connectivity index (χ2v) is 4.76. The number of rotatable bonds is 3. The number of esters is 1. The number of hydrogen-bond donors (Lipinski definition) is 0. The molecule has 0 N–H and O–H groups in total. The third kappa shape index (κ3) is 3.12. The van der Waals surface area contributed by atoms with E-state index in [1.165, 1.54) is 0 Å². The van der Waals surface area contributed by atoms with Crippen LogP contribution in [0.4, 0.5) is 0 Å². The molecule has 0 saturated heterocycles. The summed E-state index contributed by atoms with van der Waals surface area (Å²) in [6, 6.07) is 1.78. The van der Waals surface area contributed by atoms with Crippen molar-refractivity contribution in [1.82, 2.24) is 0 Å². The van der Waals surface area contributed by atoms with E-state index in [-0.39, 0.29) is 5.97 Å². The Morgan fingerprint density at radius 1 is 1.31 bits per heavy atom. The van der Waals surface area contributed by atoms with E-state index in [1.807, 2.05) is 34.6 Å². The molecule has 0 unspecified atom stereocenters. The van der Waals surface area contributed by atoms with Gasteiger partial charge in [-0.15, -0.1) is 0 Å². The van der Waals surface area contributed by atoms with Crippen LogP contribution in [0, 0.1) is 0 Å². The lowest BCUT2D eigenvalue weighted by atomic mass is 10.1. The van der Waals surface area contributed by atoms with Crippen molar-refractivity contribution in [2.24, 2.45) is 0 Å². The van der Waals surface area contributed by atoms with Crippen LogP contribution in [0.2, 0.25) is 0 Å². The van der Waals surface area contributed by atoms with E-state index in [9.17, 15) is 4.79 Å². The van der Waals surface area contributed by atoms with Gasteiger partial charge in [-0.05, 0) is 26.8 Å². The molecule has 0 aliphatic carbocycles. The van der Waals surface area contributed by atoms with Crippen LogP contribution in [0.15, 0.2) is 10.5 Å². The molecule has 90 valence electrons. The molecule has 0 aliphatic rings. The van der Waals surface area contributed by atoms with Gasteiger partial charge in [0.05, 0.1) is 0 Å². The molecule has 0 fully saturated rings. The molecule has 0 radical (unpaired) electrons. The summed E-state index contributed by atoms with van der Waals surface area (Å²) in [4.78, 5) is 11.9. The number of carbonyl (C=O) groups excluding carboxylic acids is 1. The van der Waals surface area contributed by atoms with Gasteiger partial charge in [-0.3, -0.25) is 0 Å². The molecule has 0 atom stereocenters. The summed E-state index contributed by atoms with van der Waals surface area (Å²) in [7, 11) is 0. The van der Waals surface area contributed by atoms with Crippen LogP contribution in [0.25, 0.3) is 0 Å². The van der Waals surface area contributed by atoms with Crippen molar-refractivity contribution in [3.05, 3.63) is 23.2 Å². The van der Waals surface area contributed by atoms with Crippen LogP contribution in [0.3, 0.4) is 0 Å². The van der Waals surface area contributed by atoms with Gasteiger partial charge < -0.3 is 9.15 Å². The van der Waals surface area contributed by atoms with Crippen molar-refractivity contribution in [2.75, 3.05) is 0 Å². The zero-order valence-corrected chi connectivity index (χ0v) is 10.7. The average molecular weight is 224 g/mol. The maximum atomic E-state index is 11.9. The summed E-state index contributed by atoms with van der Waals surface area (Å²) in [6.07, 6.45) is 1.49. The van der Waals surface area contributed by atoms with Crippen molar-refractivity contribution in [3.8, 4) is 0 Å². The van der Waals surface area contributed by atoms with Crippen molar-refractivity contribution in [2.45, 2.75) is 53.1 Å². The molecular formula is C13H20O3. The van der Waals surface area contributed by atoms with Gasteiger partial charge in [0, 0.05) is 12.8 Å². The quantitative estimate of drug-likeness (QED) is 0.739. The van der Waals surface area contributed by atoms with Gasteiger partial charge in [0.2, 0.25) is 0 Å². The predicted molar refractivity (Wildman–Crippen MR) is 62.6 cm³/mol. The molecule has 0 bridgehead atoms. The van der Waals surface area contributed by atoms with Crippen LogP contribution in [-0.2, 0) is 17.6 Å². The fourth-order valence-electron chi connectivity index (χ4n) is 1.43. The van der Waals surface area contributed by atoms with Gasteiger partial charge in [-0.1, -0.05) is 13.8 Å². The fourth-order valence-corrected chi connectivity index (χ4v) is 1.43. The van der Waals surface area contributed by atoms with Gasteiger partial charge in [-0.25, -0.2) is 4.79 Å². The summed E-state index contributed by atoms with van der Waals surface area (Å²) in [5.41, 5.74) is 0.0976. The van der Waals surface area contributed by atoms with E-state index in [0.717, 1.165) is 12.2 Å². The number of ether oxygens (including phenoxy) is 1. The Hall–Kier alpha value is -1.25. The second kappa shape index (κ2) is 4.73. The minimum absolute atomic E-state index is 0.298. The Kier molecular flexibility index (Phi) is 3.79. The zero-order valence-electron chi connectivity index (χ0n) is 10.7.